The Morgan fingerprint density at radius 3 is 2.70 bits per heavy atom. The van der Waals surface area contributed by atoms with Gasteiger partial charge in [0.1, 0.15) is 4.90 Å². The van der Waals surface area contributed by atoms with Gasteiger partial charge >= 0.3 is 0 Å². The van der Waals surface area contributed by atoms with Crippen LogP contribution in [0.1, 0.15) is 32.6 Å². The average Bonchev–Trinajstić information content (AvgIpc) is 2.76. The lowest BCUT2D eigenvalue weighted by molar-refractivity contribution is 0.281. The zero-order valence-electron chi connectivity index (χ0n) is 12.1. The number of aliphatic hydroxyl groups is 1. The van der Waals surface area contributed by atoms with E-state index in [2.05, 4.69) is 5.10 Å². The molecule has 0 saturated heterocycles. The fraction of sp³-hybridized carbons (Fsp3) is 0.750. The highest BCUT2D eigenvalue weighted by molar-refractivity contribution is 7.89. The van der Waals surface area contributed by atoms with Crippen molar-refractivity contribution in [2.24, 2.45) is 0 Å². The Hall–Kier alpha value is -1.12. The summed E-state index contributed by atoms with van der Waals surface area (Å²) in [4.78, 5) is 0.0654. The maximum atomic E-state index is 12.4. The van der Waals surface area contributed by atoms with E-state index >= 15 is 0 Å². The van der Waals surface area contributed by atoms with Crippen LogP contribution in [-0.4, -0.2) is 47.8 Å². The third-order valence-corrected chi connectivity index (χ3v) is 4.90. The standard InChI is InChI=1S/C12H24N4O3S/c1-3-7-16-10-11(12(13)14-16)20(18,19)15(2)8-5-4-6-9-17/h10,17H,3-9H2,1-2H3,(H2,13,14). The molecule has 3 N–H and O–H groups in total. The molecule has 0 radical (unpaired) electrons. The molecular weight excluding hydrogens is 280 g/mol. The molecule has 0 atom stereocenters. The van der Waals surface area contributed by atoms with Gasteiger partial charge in [0.15, 0.2) is 5.82 Å². The molecule has 0 saturated carbocycles. The van der Waals surface area contributed by atoms with Crippen LogP contribution >= 0.6 is 0 Å². The molecule has 0 spiro atoms. The molecule has 0 bridgehead atoms. The number of nitrogen functional groups attached to an aromatic ring is 1. The average molecular weight is 304 g/mol. The van der Waals surface area contributed by atoms with Crippen molar-refractivity contribution in [2.75, 3.05) is 25.9 Å². The molecule has 1 aromatic heterocycles. The Morgan fingerprint density at radius 2 is 2.10 bits per heavy atom. The minimum Gasteiger partial charge on any atom is -0.396 e. The van der Waals surface area contributed by atoms with E-state index in [0.717, 1.165) is 12.8 Å². The highest BCUT2D eigenvalue weighted by Gasteiger charge is 2.25. The molecule has 1 aromatic rings. The normalized spacial score (nSPS) is 12.2. The van der Waals surface area contributed by atoms with Crippen LogP contribution in [0.5, 0.6) is 0 Å². The number of aromatic nitrogens is 2. The second-order valence-corrected chi connectivity index (χ2v) is 6.77. The molecule has 0 aliphatic carbocycles. The van der Waals surface area contributed by atoms with Crippen molar-refractivity contribution in [3.8, 4) is 0 Å². The number of sulfonamides is 1. The van der Waals surface area contributed by atoms with Crippen LogP contribution in [0.15, 0.2) is 11.1 Å². The number of unbranched alkanes of at least 4 members (excludes halogenated alkanes) is 2. The van der Waals surface area contributed by atoms with Crippen molar-refractivity contribution in [1.29, 1.82) is 0 Å². The fourth-order valence-electron chi connectivity index (χ4n) is 1.87. The molecule has 1 rings (SSSR count). The van der Waals surface area contributed by atoms with Gasteiger partial charge in [-0.05, 0) is 25.7 Å². The Morgan fingerprint density at radius 1 is 1.40 bits per heavy atom. The Labute approximate surface area is 120 Å². The first-order valence-electron chi connectivity index (χ1n) is 6.83. The largest absolute Gasteiger partial charge is 0.396 e. The zero-order chi connectivity index (χ0) is 15.2. The van der Waals surface area contributed by atoms with Crippen molar-refractivity contribution in [3.63, 3.8) is 0 Å². The number of rotatable bonds is 9. The number of aliphatic hydroxyl groups excluding tert-OH is 1. The molecule has 116 valence electrons. The van der Waals surface area contributed by atoms with Crippen LogP contribution < -0.4 is 5.73 Å². The molecular formula is C12H24N4O3S. The predicted octanol–water partition coefficient (Wildman–Crippen LogP) is 0.658. The van der Waals surface area contributed by atoms with Crippen molar-refractivity contribution >= 4 is 15.8 Å². The van der Waals surface area contributed by atoms with Crippen LogP contribution in [0.25, 0.3) is 0 Å². The van der Waals surface area contributed by atoms with E-state index < -0.39 is 10.0 Å². The molecule has 8 heteroatoms. The zero-order valence-corrected chi connectivity index (χ0v) is 12.9. The first-order chi connectivity index (χ1) is 9.43. The quantitative estimate of drug-likeness (QED) is 0.653. The molecule has 0 unspecified atom stereocenters. The van der Waals surface area contributed by atoms with E-state index in [4.69, 9.17) is 10.8 Å². The summed E-state index contributed by atoms with van der Waals surface area (Å²) >= 11 is 0. The summed E-state index contributed by atoms with van der Waals surface area (Å²) in [6.07, 6.45) is 4.53. The van der Waals surface area contributed by atoms with Gasteiger partial charge in [-0.1, -0.05) is 6.92 Å². The van der Waals surface area contributed by atoms with Gasteiger partial charge in [0.05, 0.1) is 0 Å². The Balaban J connectivity index is 2.76. The number of nitrogens with zero attached hydrogens (tertiary/aromatic N) is 3. The number of hydrogen-bond donors (Lipinski definition) is 2. The van der Waals surface area contributed by atoms with E-state index in [-0.39, 0.29) is 17.3 Å². The van der Waals surface area contributed by atoms with Crippen LogP contribution in [0.2, 0.25) is 0 Å². The van der Waals surface area contributed by atoms with Gasteiger partial charge in [-0.25, -0.2) is 12.7 Å². The first-order valence-corrected chi connectivity index (χ1v) is 8.27. The summed E-state index contributed by atoms with van der Waals surface area (Å²) in [5.74, 6) is 0.0423. The summed E-state index contributed by atoms with van der Waals surface area (Å²) in [6.45, 7) is 3.16. The topological polar surface area (TPSA) is 101 Å². The number of nitrogens with two attached hydrogens (primary N) is 1. The minimum atomic E-state index is -3.59. The van der Waals surface area contributed by atoms with Gasteiger partial charge in [-0.3, -0.25) is 4.68 Å². The van der Waals surface area contributed by atoms with Gasteiger partial charge in [0.25, 0.3) is 0 Å². The predicted molar refractivity (Wildman–Crippen MR) is 77.7 cm³/mol. The van der Waals surface area contributed by atoms with Crippen molar-refractivity contribution in [3.05, 3.63) is 6.20 Å². The summed E-state index contributed by atoms with van der Waals surface area (Å²) < 4.78 is 27.6. The maximum Gasteiger partial charge on any atom is 0.248 e. The van der Waals surface area contributed by atoms with Gasteiger partial charge in [-0.15, -0.1) is 0 Å². The lowest BCUT2D eigenvalue weighted by atomic mass is 10.2. The van der Waals surface area contributed by atoms with E-state index in [9.17, 15) is 8.42 Å². The molecule has 0 fully saturated rings. The second kappa shape index (κ2) is 7.61. The maximum absolute atomic E-state index is 12.4. The number of aryl methyl sites for hydroxylation is 1. The number of hydrogen-bond acceptors (Lipinski definition) is 5. The van der Waals surface area contributed by atoms with E-state index in [1.54, 1.807) is 4.68 Å². The van der Waals surface area contributed by atoms with Crippen LogP contribution in [-0.2, 0) is 16.6 Å². The van der Waals surface area contributed by atoms with Crippen LogP contribution in [0.4, 0.5) is 5.82 Å². The Bertz CT molecular complexity index is 513. The smallest absolute Gasteiger partial charge is 0.248 e. The van der Waals surface area contributed by atoms with E-state index in [0.29, 0.717) is 25.9 Å². The minimum absolute atomic E-state index is 0.0423. The lowest BCUT2D eigenvalue weighted by Gasteiger charge is -2.16. The molecule has 0 amide bonds. The lowest BCUT2D eigenvalue weighted by Crippen LogP contribution is -2.28. The summed E-state index contributed by atoms with van der Waals surface area (Å²) in [5.41, 5.74) is 5.70. The third-order valence-electron chi connectivity index (χ3n) is 3.03. The molecule has 20 heavy (non-hydrogen) atoms. The first kappa shape index (κ1) is 16.9. The van der Waals surface area contributed by atoms with Gasteiger partial charge in [-0.2, -0.15) is 5.10 Å². The summed E-state index contributed by atoms with van der Waals surface area (Å²) in [6, 6.07) is 0. The second-order valence-electron chi connectivity index (χ2n) is 4.75. The van der Waals surface area contributed by atoms with Crippen molar-refractivity contribution < 1.29 is 13.5 Å². The van der Waals surface area contributed by atoms with Gasteiger partial charge in [0.2, 0.25) is 10.0 Å². The Kier molecular flexibility index (Phi) is 6.44. The fourth-order valence-corrected chi connectivity index (χ4v) is 3.14. The van der Waals surface area contributed by atoms with E-state index in [1.165, 1.54) is 17.5 Å². The van der Waals surface area contributed by atoms with Crippen molar-refractivity contribution in [2.45, 2.75) is 44.0 Å². The van der Waals surface area contributed by atoms with Crippen LogP contribution in [0.3, 0.4) is 0 Å². The highest BCUT2D eigenvalue weighted by atomic mass is 32.2. The highest BCUT2D eigenvalue weighted by Crippen LogP contribution is 2.20. The molecule has 7 nitrogen and oxygen atoms in total. The summed E-state index contributed by atoms with van der Waals surface area (Å²) in [7, 11) is -2.06. The molecule has 0 aliphatic rings. The van der Waals surface area contributed by atoms with E-state index in [1.807, 2.05) is 6.92 Å². The van der Waals surface area contributed by atoms with Gasteiger partial charge in [0, 0.05) is 32.9 Å². The number of anilines is 1. The molecule has 0 aromatic carbocycles. The van der Waals surface area contributed by atoms with Crippen molar-refractivity contribution in [1.82, 2.24) is 14.1 Å². The molecule has 0 aliphatic heterocycles. The SMILES string of the molecule is CCCn1cc(S(=O)(=O)N(C)CCCCCO)c(N)n1. The third kappa shape index (κ3) is 4.19. The van der Waals surface area contributed by atoms with Crippen LogP contribution in [0, 0.1) is 0 Å². The monoisotopic (exact) mass is 304 g/mol. The summed E-state index contributed by atoms with van der Waals surface area (Å²) in [5, 5.41) is 12.7. The molecule has 1 heterocycles. The van der Waals surface area contributed by atoms with Gasteiger partial charge < -0.3 is 10.8 Å².